The van der Waals surface area contributed by atoms with Crippen LogP contribution < -0.4 is 0 Å². The van der Waals surface area contributed by atoms with Gasteiger partial charge in [0, 0.05) is 38.9 Å². The lowest BCUT2D eigenvalue weighted by Crippen LogP contribution is -2.26. The Morgan fingerprint density at radius 1 is 0.647 bits per heavy atom. The van der Waals surface area contributed by atoms with Crippen molar-refractivity contribution in [3.63, 3.8) is 0 Å². The zero-order valence-electron chi connectivity index (χ0n) is 28.6. The van der Waals surface area contributed by atoms with Gasteiger partial charge in [-0.05, 0) is 76.2 Å². The van der Waals surface area contributed by atoms with Gasteiger partial charge in [-0.25, -0.2) is 4.98 Å². The lowest BCUT2D eigenvalue weighted by atomic mass is 9.74. The Morgan fingerprint density at radius 3 is 2.29 bits per heavy atom. The molecule has 0 bridgehead atoms. The first kappa shape index (κ1) is 28.6. The van der Waals surface area contributed by atoms with Crippen molar-refractivity contribution in [1.82, 2.24) is 14.1 Å². The second kappa shape index (κ2) is 10.4. The quantitative estimate of drug-likeness (QED) is 0.186. The molecule has 11 rings (SSSR count). The second-order valence-corrected chi connectivity index (χ2v) is 14.7. The standard InChI is InChI=1S/C48H35N3/c1-48(2)40-21-11-13-23-43(40)51-42-22-12-10-18-36(42)39-28-32(29-41(48)45(39)51)30-24-26-33(27-25-30)50-46-38-20-9-7-17-35(38)34-16-6-8-19-37(34)44(46)49-47(50)31-14-4-3-5-15-31/h3-15,17-29,34H,16H2,1-2H3. The van der Waals surface area contributed by atoms with Crippen LogP contribution in [0, 0.1) is 0 Å². The summed E-state index contributed by atoms with van der Waals surface area (Å²) in [7, 11) is 0. The van der Waals surface area contributed by atoms with Gasteiger partial charge in [0.2, 0.25) is 0 Å². The molecule has 0 N–H and O–H groups in total. The third-order valence-corrected chi connectivity index (χ3v) is 11.7. The summed E-state index contributed by atoms with van der Waals surface area (Å²) in [6, 6.07) is 51.4. The molecule has 0 saturated carbocycles. The first-order valence-electron chi connectivity index (χ1n) is 18.0. The van der Waals surface area contributed by atoms with E-state index < -0.39 is 0 Å². The van der Waals surface area contributed by atoms with E-state index in [1.54, 1.807) is 0 Å². The first-order valence-corrected chi connectivity index (χ1v) is 18.0. The van der Waals surface area contributed by atoms with E-state index in [1.807, 2.05) is 0 Å². The normalized spacial score (nSPS) is 16.4. The van der Waals surface area contributed by atoms with Crippen molar-refractivity contribution in [3.8, 4) is 45.1 Å². The van der Waals surface area contributed by atoms with Crippen molar-refractivity contribution in [1.29, 1.82) is 0 Å². The summed E-state index contributed by atoms with van der Waals surface area (Å²) in [6.07, 6.45) is 7.75. The molecule has 0 spiro atoms. The Labute approximate surface area is 297 Å². The summed E-state index contributed by atoms with van der Waals surface area (Å²) in [4.78, 5) is 5.45. The number of benzene rings is 6. The van der Waals surface area contributed by atoms with E-state index in [0.29, 0.717) is 5.92 Å². The summed E-state index contributed by atoms with van der Waals surface area (Å²) in [5.41, 5.74) is 17.3. The minimum Gasteiger partial charge on any atom is -0.309 e. The second-order valence-electron chi connectivity index (χ2n) is 14.7. The highest BCUT2D eigenvalue weighted by Crippen LogP contribution is 2.52. The molecule has 51 heavy (non-hydrogen) atoms. The Bertz CT molecular complexity index is 2790. The van der Waals surface area contributed by atoms with Crippen LogP contribution in [0.4, 0.5) is 0 Å². The van der Waals surface area contributed by atoms with Gasteiger partial charge in [0.1, 0.15) is 5.82 Å². The molecule has 1 aliphatic heterocycles. The fraction of sp³-hybridized carbons (Fsp3) is 0.104. The average Bonchev–Trinajstić information content (AvgIpc) is 3.75. The van der Waals surface area contributed by atoms with Crippen molar-refractivity contribution in [2.75, 3.05) is 0 Å². The van der Waals surface area contributed by atoms with Crippen LogP contribution in [0.1, 0.15) is 48.6 Å². The first-order chi connectivity index (χ1) is 25.1. The van der Waals surface area contributed by atoms with Crippen LogP contribution >= 0.6 is 0 Å². The van der Waals surface area contributed by atoms with E-state index in [0.717, 1.165) is 29.2 Å². The van der Waals surface area contributed by atoms with Gasteiger partial charge in [-0.15, -0.1) is 0 Å². The van der Waals surface area contributed by atoms with Crippen molar-refractivity contribution < 1.29 is 0 Å². The fourth-order valence-electron chi connectivity index (χ4n) is 9.22. The summed E-state index contributed by atoms with van der Waals surface area (Å²) in [5, 5.41) is 2.60. The van der Waals surface area contributed by atoms with E-state index in [-0.39, 0.29) is 5.41 Å². The minimum absolute atomic E-state index is 0.149. The summed E-state index contributed by atoms with van der Waals surface area (Å²) >= 11 is 0. The molecule has 0 saturated heterocycles. The molecule has 1 unspecified atom stereocenters. The lowest BCUT2D eigenvalue weighted by Gasteiger charge is -2.35. The topological polar surface area (TPSA) is 22.8 Å². The Balaban J connectivity index is 1.12. The van der Waals surface area contributed by atoms with E-state index in [2.05, 4.69) is 181 Å². The van der Waals surface area contributed by atoms with E-state index in [1.165, 1.54) is 72.1 Å². The number of hydrogen-bond acceptors (Lipinski definition) is 1. The molecule has 2 aliphatic carbocycles. The molecular formula is C48H35N3. The highest BCUT2D eigenvalue weighted by atomic mass is 15.1. The maximum atomic E-state index is 5.45. The molecule has 2 aromatic heterocycles. The predicted octanol–water partition coefficient (Wildman–Crippen LogP) is 12.1. The zero-order valence-corrected chi connectivity index (χ0v) is 28.6. The minimum atomic E-state index is -0.149. The van der Waals surface area contributed by atoms with Gasteiger partial charge in [-0.2, -0.15) is 0 Å². The van der Waals surface area contributed by atoms with Gasteiger partial charge in [0.25, 0.3) is 0 Å². The van der Waals surface area contributed by atoms with Crippen LogP contribution in [-0.2, 0) is 5.41 Å². The highest BCUT2D eigenvalue weighted by molar-refractivity contribution is 6.13. The Morgan fingerprint density at radius 2 is 1.41 bits per heavy atom. The molecule has 3 heteroatoms. The van der Waals surface area contributed by atoms with Crippen molar-refractivity contribution in [2.24, 2.45) is 0 Å². The maximum Gasteiger partial charge on any atom is 0.145 e. The van der Waals surface area contributed by atoms with Crippen LogP contribution in [0.15, 0.2) is 158 Å². The number of fused-ring (bicyclic) bond motifs is 11. The summed E-state index contributed by atoms with van der Waals surface area (Å²) in [5.74, 6) is 1.30. The molecule has 3 aliphatic rings. The SMILES string of the molecule is CC1(C)c2ccccc2-n2c3ccccc3c3cc(-c4ccc(-n5c(-c6ccccc6)nc6c5-c5ccccc5C5CC=CC=C65)cc4)cc1c32. The van der Waals surface area contributed by atoms with Crippen LogP contribution in [-0.4, -0.2) is 14.1 Å². The predicted molar refractivity (Wildman–Crippen MR) is 211 cm³/mol. The van der Waals surface area contributed by atoms with Crippen LogP contribution in [0.2, 0.25) is 0 Å². The molecule has 0 amide bonds. The van der Waals surface area contributed by atoms with Gasteiger partial charge in [0.05, 0.1) is 28.1 Å². The Hall–Kier alpha value is -6.19. The van der Waals surface area contributed by atoms with Gasteiger partial charge in [-0.1, -0.05) is 135 Å². The van der Waals surface area contributed by atoms with Crippen LogP contribution in [0.5, 0.6) is 0 Å². The van der Waals surface area contributed by atoms with Crippen LogP contribution in [0.3, 0.4) is 0 Å². The molecule has 3 heterocycles. The highest BCUT2D eigenvalue weighted by Gasteiger charge is 2.37. The Kier molecular flexibility index (Phi) is 5.85. The summed E-state index contributed by atoms with van der Waals surface area (Å²) in [6.45, 7) is 4.75. The van der Waals surface area contributed by atoms with Gasteiger partial charge < -0.3 is 4.57 Å². The average molecular weight is 654 g/mol. The fourth-order valence-corrected chi connectivity index (χ4v) is 9.22. The van der Waals surface area contributed by atoms with Crippen molar-refractivity contribution >= 4 is 27.4 Å². The third-order valence-electron chi connectivity index (χ3n) is 11.7. The number of hydrogen-bond donors (Lipinski definition) is 0. The molecule has 0 fully saturated rings. The molecular weight excluding hydrogens is 619 g/mol. The van der Waals surface area contributed by atoms with Crippen LogP contribution in [0.25, 0.3) is 72.5 Å². The number of imidazole rings is 1. The van der Waals surface area contributed by atoms with Gasteiger partial charge in [0.15, 0.2) is 0 Å². The van der Waals surface area contributed by atoms with Crippen molar-refractivity contribution in [3.05, 3.63) is 180 Å². The molecule has 6 aromatic carbocycles. The van der Waals surface area contributed by atoms with Crippen molar-refractivity contribution in [2.45, 2.75) is 31.6 Å². The number of rotatable bonds is 3. The number of para-hydroxylation sites is 2. The van der Waals surface area contributed by atoms with E-state index in [4.69, 9.17) is 4.98 Å². The molecule has 3 nitrogen and oxygen atoms in total. The van der Waals surface area contributed by atoms with E-state index in [9.17, 15) is 0 Å². The zero-order chi connectivity index (χ0) is 33.8. The number of nitrogens with zero attached hydrogens (tertiary/aromatic N) is 3. The maximum absolute atomic E-state index is 5.45. The molecule has 8 aromatic rings. The largest absolute Gasteiger partial charge is 0.309 e. The monoisotopic (exact) mass is 653 g/mol. The molecule has 242 valence electrons. The number of aromatic nitrogens is 3. The molecule has 0 radical (unpaired) electrons. The van der Waals surface area contributed by atoms with E-state index >= 15 is 0 Å². The summed E-state index contributed by atoms with van der Waals surface area (Å²) < 4.78 is 4.88. The third kappa shape index (κ3) is 3.92. The lowest BCUT2D eigenvalue weighted by molar-refractivity contribution is 0.630. The molecule has 1 atom stereocenters. The van der Waals surface area contributed by atoms with Gasteiger partial charge >= 0.3 is 0 Å². The smallest absolute Gasteiger partial charge is 0.145 e. The number of allylic oxidation sites excluding steroid dienone is 4. The van der Waals surface area contributed by atoms with Gasteiger partial charge in [-0.3, -0.25) is 4.57 Å².